The van der Waals surface area contributed by atoms with Crippen LogP contribution in [0.4, 0.5) is 0 Å². The molecule has 0 aliphatic rings. The molecule has 0 spiro atoms. The summed E-state index contributed by atoms with van der Waals surface area (Å²) in [7, 11) is 0. The van der Waals surface area contributed by atoms with Gasteiger partial charge in [-0.15, -0.1) is 21.5 Å². The van der Waals surface area contributed by atoms with Crippen LogP contribution in [0.25, 0.3) is 21.3 Å². The molecule has 0 radical (unpaired) electrons. The third-order valence-electron chi connectivity index (χ3n) is 3.98. The molecule has 0 saturated carbocycles. The van der Waals surface area contributed by atoms with Crippen LogP contribution < -0.4 is 4.74 Å². The molecule has 0 amide bonds. The minimum Gasteiger partial charge on any atom is -0.492 e. The summed E-state index contributed by atoms with van der Waals surface area (Å²) in [4.78, 5) is 16.9. The van der Waals surface area contributed by atoms with Gasteiger partial charge in [-0.05, 0) is 38.0 Å². The normalized spacial score (nSPS) is 10.8. The monoisotopic (exact) mass is 426 g/mol. The molecule has 0 N–H and O–H groups in total. The number of benzene rings is 1. The number of ether oxygens (including phenoxy) is 2. The summed E-state index contributed by atoms with van der Waals surface area (Å²) < 4.78 is 16.2. The fourth-order valence-corrected chi connectivity index (χ4v) is 3.59. The third kappa shape index (κ3) is 5.02. The summed E-state index contributed by atoms with van der Waals surface area (Å²) in [5.41, 5.74) is 1.98. The number of nitriles is 1. The van der Waals surface area contributed by atoms with Crippen LogP contribution in [0.15, 0.2) is 22.6 Å². The molecule has 8 nitrogen and oxygen atoms in total. The summed E-state index contributed by atoms with van der Waals surface area (Å²) in [5.74, 6) is 0.995. The Balaban J connectivity index is 1.83. The van der Waals surface area contributed by atoms with Gasteiger partial charge in [0.2, 0.25) is 5.89 Å². The number of hydrogen-bond acceptors (Lipinski definition) is 9. The van der Waals surface area contributed by atoms with E-state index >= 15 is 0 Å². The quantitative estimate of drug-likeness (QED) is 0.493. The van der Waals surface area contributed by atoms with E-state index in [0.717, 1.165) is 16.3 Å². The zero-order valence-corrected chi connectivity index (χ0v) is 18.1. The van der Waals surface area contributed by atoms with Crippen LogP contribution in [-0.2, 0) is 16.0 Å². The average molecular weight is 426 g/mol. The van der Waals surface area contributed by atoms with Crippen LogP contribution in [-0.4, -0.2) is 34.4 Å². The molecule has 0 unspecified atom stereocenters. The Kier molecular flexibility index (Phi) is 6.79. The van der Waals surface area contributed by atoms with Gasteiger partial charge >= 0.3 is 5.97 Å². The number of nitrogens with zero attached hydrogens (tertiary/aromatic N) is 4. The number of thiazole rings is 1. The molecule has 30 heavy (non-hydrogen) atoms. The number of esters is 1. The van der Waals surface area contributed by atoms with E-state index in [1.165, 1.54) is 11.3 Å². The summed E-state index contributed by atoms with van der Waals surface area (Å²) in [6.45, 7) is 8.52. The van der Waals surface area contributed by atoms with Crippen molar-refractivity contribution >= 4 is 17.3 Å². The first kappa shape index (κ1) is 21.5. The maximum Gasteiger partial charge on any atom is 0.315 e. The summed E-state index contributed by atoms with van der Waals surface area (Å²) in [6, 6.07) is 7.61. The lowest BCUT2D eigenvalue weighted by Gasteiger charge is -2.10. The van der Waals surface area contributed by atoms with Crippen molar-refractivity contribution in [3.63, 3.8) is 0 Å². The number of rotatable bonds is 8. The van der Waals surface area contributed by atoms with Crippen molar-refractivity contribution in [2.24, 2.45) is 5.92 Å². The molecule has 0 aliphatic heterocycles. The van der Waals surface area contributed by atoms with Crippen LogP contribution in [0.5, 0.6) is 5.75 Å². The van der Waals surface area contributed by atoms with E-state index in [1.807, 2.05) is 13.0 Å². The molecule has 156 valence electrons. The summed E-state index contributed by atoms with van der Waals surface area (Å²) in [6.07, 6.45) is -0.0745. The van der Waals surface area contributed by atoms with Gasteiger partial charge in [0, 0.05) is 5.56 Å². The Morgan fingerprint density at radius 3 is 2.83 bits per heavy atom. The number of carbonyl (C=O) groups is 1. The fourth-order valence-electron chi connectivity index (χ4n) is 2.60. The van der Waals surface area contributed by atoms with Crippen molar-refractivity contribution in [2.45, 2.75) is 34.1 Å². The van der Waals surface area contributed by atoms with Crippen molar-refractivity contribution in [2.75, 3.05) is 13.2 Å². The van der Waals surface area contributed by atoms with Crippen LogP contribution in [0.3, 0.4) is 0 Å². The SMILES string of the molecule is CCOC(=O)Cc1nnc(-c2sc(-c3ccc(OCC(C)C)c(C#N)c3)nc2C)o1. The maximum atomic E-state index is 11.6. The highest BCUT2D eigenvalue weighted by atomic mass is 32.1. The van der Waals surface area contributed by atoms with E-state index in [1.54, 1.807) is 19.1 Å². The molecule has 0 saturated heterocycles. The Hall–Kier alpha value is -3.25. The van der Waals surface area contributed by atoms with Gasteiger partial charge in [-0.1, -0.05) is 13.8 Å². The highest BCUT2D eigenvalue weighted by Gasteiger charge is 2.19. The Morgan fingerprint density at radius 1 is 1.33 bits per heavy atom. The minimum absolute atomic E-state index is 0.0745. The van der Waals surface area contributed by atoms with Crippen molar-refractivity contribution in [1.29, 1.82) is 5.26 Å². The molecule has 2 aromatic heterocycles. The highest BCUT2D eigenvalue weighted by molar-refractivity contribution is 7.18. The van der Waals surface area contributed by atoms with Gasteiger partial charge in [-0.3, -0.25) is 4.79 Å². The Bertz CT molecular complexity index is 1080. The second-order valence-corrected chi connectivity index (χ2v) is 7.94. The maximum absolute atomic E-state index is 11.6. The molecule has 1 aromatic carbocycles. The lowest BCUT2D eigenvalue weighted by Crippen LogP contribution is -2.07. The van der Waals surface area contributed by atoms with E-state index in [-0.39, 0.29) is 12.3 Å². The summed E-state index contributed by atoms with van der Waals surface area (Å²) in [5, 5.41) is 18.2. The summed E-state index contributed by atoms with van der Waals surface area (Å²) >= 11 is 1.38. The molecular weight excluding hydrogens is 404 g/mol. The molecule has 3 rings (SSSR count). The average Bonchev–Trinajstić information content (AvgIpc) is 3.32. The molecule has 2 heterocycles. The first-order chi connectivity index (χ1) is 14.4. The van der Waals surface area contributed by atoms with Crippen LogP contribution >= 0.6 is 11.3 Å². The second-order valence-electron chi connectivity index (χ2n) is 6.94. The molecule has 3 aromatic rings. The van der Waals surface area contributed by atoms with E-state index in [4.69, 9.17) is 13.9 Å². The van der Waals surface area contributed by atoms with E-state index in [2.05, 4.69) is 35.1 Å². The van der Waals surface area contributed by atoms with Gasteiger partial charge in [0.15, 0.2) is 0 Å². The third-order valence-corrected chi connectivity index (χ3v) is 5.17. The fraction of sp³-hybridized carbons (Fsp3) is 0.381. The van der Waals surface area contributed by atoms with Gasteiger partial charge in [0.25, 0.3) is 5.89 Å². The van der Waals surface area contributed by atoms with Crippen molar-refractivity contribution in [1.82, 2.24) is 15.2 Å². The van der Waals surface area contributed by atoms with Gasteiger partial charge in [-0.2, -0.15) is 5.26 Å². The van der Waals surface area contributed by atoms with Crippen molar-refractivity contribution < 1.29 is 18.7 Å². The molecule has 0 atom stereocenters. The number of aromatic nitrogens is 3. The zero-order chi connectivity index (χ0) is 21.7. The second kappa shape index (κ2) is 9.50. The topological polar surface area (TPSA) is 111 Å². The van der Waals surface area contributed by atoms with Gasteiger partial charge in [0.1, 0.15) is 28.1 Å². The Morgan fingerprint density at radius 2 is 2.13 bits per heavy atom. The first-order valence-electron chi connectivity index (χ1n) is 9.54. The van der Waals surface area contributed by atoms with Gasteiger partial charge < -0.3 is 13.9 Å². The first-order valence-corrected chi connectivity index (χ1v) is 10.4. The standard InChI is InChI=1S/C21H22N4O4S/c1-5-27-18(26)9-17-24-25-20(29-17)19-13(4)23-21(30-19)14-6-7-16(15(8-14)10-22)28-11-12(2)3/h6-8,12H,5,9,11H2,1-4H3. The predicted octanol–water partition coefficient (Wildman–Crippen LogP) is 4.18. The molecule has 0 aliphatic carbocycles. The zero-order valence-electron chi connectivity index (χ0n) is 17.3. The molecular formula is C21H22N4O4S. The van der Waals surface area contributed by atoms with Crippen molar-refractivity contribution in [3.8, 4) is 33.2 Å². The molecule has 9 heteroatoms. The molecule has 0 fully saturated rings. The van der Waals surface area contributed by atoms with Gasteiger partial charge in [0.05, 0.1) is 24.5 Å². The lowest BCUT2D eigenvalue weighted by atomic mass is 10.1. The van der Waals surface area contributed by atoms with Crippen LogP contribution in [0.1, 0.15) is 37.9 Å². The Labute approximate surface area is 178 Å². The lowest BCUT2D eigenvalue weighted by molar-refractivity contribution is -0.142. The largest absolute Gasteiger partial charge is 0.492 e. The van der Waals surface area contributed by atoms with Crippen LogP contribution in [0, 0.1) is 24.2 Å². The van der Waals surface area contributed by atoms with E-state index in [0.29, 0.717) is 41.2 Å². The smallest absolute Gasteiger partial charge is 0.315 e. The predicted molar refractivity (Wildman–Crippen MR) is 111 cm³/mol. The minimum atomic E-state index is -0.418. The van der Waals surface area contributed by atoms with Crippen molar-refractivity contribution in [3.05, 3.63) is 35.3 Å². The van der Waals surface area contributed by atoms with E-state index < -0.39 is 5.97 Å². The molecule has 0 bridgehead atoms. The van der Waals surface area contributed by atoms with Crippen LogP contribution in [0.2, 0.25) is 0 Å². The number of aryl methyl sites for hydroxylation is 1. The highest BCUT2D eigenvalue weighted by Crippen LogP contribution is 2.36. The van der Waals surface area contributed by atoms with E-state index in [9.17, 15) is 10.1 Å². The number of carbonyl (C=O) groups excluding carboxylic acids is 1. The number of hydrogen-bond donors (Lipinski definition) is 0. The van der Waals surface area contributed by atoms with Gasteiger partial charge in [-0.25, -0.2) is 4.98 Å².